The third-order valence-corrected chi connectivity index (χ3v) is 10.6. The maximum Gasteiger partial charge on any atom is 0.303 e. The van der Waals surface area contributed by atoms with Gasteiger partial charge in [-0.2, -0.15) is 0 Å². The van der Waals surface area contributed by atoms with E-state index in [-0.39, 0.29) is 59.8 Å². The van der Waals surface area contributed by atoms with Crippen LogP contribution >= 0.6 is 11.6 Å². The molecule has 46 heavy (non-hydrogen) atoms. The van der Waals surface area contributed by atoms with Gasteiger partial charge in [0.05, 0.1) is 41.0 Å². The predicted octanol–water partition coefficient (Wildman–Crippen LogP) is 5.07. The number of phenolic OH excluding ortho intramolecular Hbond substituents is 1. The number of allylic oxidation sites excluding steroid dienone is 2. The summed E-state index contributed by atoms with van der Waals surface area (Å²) in [6.07, 6.45) is 3.84. The van der Waals surface area contributed by atoms with E-state index in [9.17, 15) is 33.5 Å². The molecule has 4 aliphatic rings. The number of carboxylic acid groups (broad SMARTS) is 1. The van der Waals surface area contributed by atoms with Crippen LogP contribution in [0.3, 0.4) is 0 Å². The Morgan fingerprint density at radius 3 is 2.50 bits per heavy atom. The average Bonchev–Trinajstić information content (AvgIpc) is 3.38. The topological polar surface area (TPSA) is 142 Å². The van der Waals surface area contributed by atoms with Crippen LogP contribution in [0.4, 0.5) is 10.1 Å². The van der Waals surface area contributed by atoms with Crippen molar-refractivity contribution in [1.29, 1.82) is 0 Å². The molecule has 2 aliphatic carbocycles. The summed E-state index contributed by atoms with van der Waals surface area (Å²) in [5.74, 6) is -6.59. The van der Waals surface area contributed by atoms with Gasteiger partial charge >= 0.3 is 5.97 Å². The number of hydrogen-bond acceptors (Lipinski definition) is 7. The first-order chi connectivity index (χ1) is 21.9. The van der Waals surface area contributed by atoms with Gasteiger partial charge in [-0.1, -0.05) is 35.7 Å². The monoisotopic (exact) mass is 652 g/mol. The Kier molecular flexibility index (Phi) is 8.16. The van der Waals surface area contributed by atoms with E-state index in [4.69, 9.17) is 21.4 Å². The van der Waals surface area contributed by atoms with Crippen LogP contribution < -0.4 is 9.64 Å². The number of amides is 4. The van der Waals surface area contributed by atoms with Crippen molar-refractivity contribution in [3.05, 3.63) is 64.5 Å². The smallest absolute Gasteiger partial charge is 0.303 e. The minimum Gasteiger partial charge on any atom is -0.504 e. The third kappa shape index (κ3) is 4.87. The van der Waals surface area contributed by atoms with Crippen LogP contribution in [-0.4, -0.2) is 58.4 Å². The molecule has 6 atom stereocenters. The number of carboxylic acids is 1. The molecule has 1 saturated carbocycles. The number of imide groups is 2. The molecule has 6 rings (SSSR count). The second-order valence-electron chi connectivity index (χ2n) is 12.7. The summed E-state index contributed by atoms with van der Waals surface area (Å²) in [4.78, 5) is 69.3. The lowest BCUT2D eigenvalue weighted by atomic mass is 9.51. The van der Waals surface area contributed by atoms with Crippen LogP contribution in [0.15, 0.2) is 48.0 Å². The number of phenols is 1. The highest BCUT2D eigenvalue weighted by Gasteiger charge is 2.67. The Morgan fingerprint density at radius 1 is 1.04 bits per heavy atom. The van der Waals surface area contributed by atoms with Gasteiger partial charge in [0, 0.05) is 18.9 Å². The molecule has 2 aromatic carbocycles. The number of fused-ring (bicyclic) bond motifs is 4. The fourth-order valence-electron chi connectivity index (χ4n) is 8.15. The quantitative estimate of drug-likeness (QED) is 0.217. The molecule has 4 amide bonds. The van der Waals surface area contributed by atoms with Crippen LogP contribution in [0.5, 0.6) is 11.5 Å². The van der Waals surface area contributed by atoms with Gasteiger partial charge in [-0.25, -0.2) is 9.29 Å². The summed E-state index contributed by atoms with van der Waals surface area (Å²) in [6.45, 7) is 1.91. The molecular weight excluding hydrogens is 619 g/mol. The summed E-state index contributed by atoms with van der Waals surface area (Å²) < 4.78 is 19.4. The number of anilines is 1. The molecule has 2 N–H and O–H groups in total. The van der Waals surface area contributed by atoms with E-state index in [1.54, 1.807) is 19.1 Å². The summed E-state index contributed by atoms with van der Waals surface area (Å²) in [5.41, 5.74) is 0.182. The molecule has 2 aromatic rings. The van der Waals surface area contributed by atoms with E-state index in [2.05, 4.69) is 0 Å². The normalized spacial score (nSPS) is 28.6. The Balaban J connectivity index is 1.40. The third-order valence-electron chi connectivity index (χ3n) is 10.3. The van der Waals surface area contributed by atoms with Gasteiger partial charge in [-0.3, -0.25) is 28.9 Å². The summed E-state index contributed by atoms with van der Waals surface area (Å²) in [5, 5.41) is 19.0. The zero-order chi connectivity index (χ0) is 33.1. The fraction of sp³-hybridized carbons (Fsp3) is 0.441. The number of halogens is 2. The molecule has 0 radical (unpaired) electrons. The number of rotatable bonds is 9. The molecular formula is C34H34ClFN2O8. The largest absolute Gasteiger partial charge is 0.504 e. The van der Waals surface area contributed by atoms with Crippen molar-refractivity contribution in [2.24, 2.45) is 29.1 Å². The molecule has 0 spiro atoms. The Labute approximate surface area is 269 Å². The molecule has 0 aromatic heterocycles. The number of hydrogen-bond donors (Lipinski definition) is 2. The first-order valence-corrected chi connectivity index (χ1v) is 15.7. The van der Waals surface area contributed by atoms with Gasteiger partial charge in [0.15, 0.2) is 11.5 Å². The van der Waals surface area contributed by atoms with Crippen molar-refractivity contribution in [1.82, 2.24) is 4.90 Å². The highest BCUT2D eigenvalue weighted by atomic mass is 35.5. The van der Waals surface area contributed by atoms with E-state index in [0.29, 0.717) is 24.8 Å². The average molecular weight is 653 g/mol. The maximum atomic E-state index is 14.5. The van der Waals surface area contributed by atoms with Crippen molar-refractivity contribution >= 4 is 46.9 Å². The lowest BCUT2D eigenvalue weighted by Gasteiger charge is -2.49. The maximum absolute atomic E-state index is 14.5. The zero-order valence-corrected chi connectivity index (χ0v) is 26.1. The van der Waals surface area contributed by atoms with Crippen LogP contribution in [-0.2, 0) is 24.0 Å². The zero-order valence-electron chi connectivity index (χ0n) is 25.4. The van der Waals surface area contributed by atoms with Gasteiger partial charge in [-0.05, 0) is 74.4 Å². The second-order valence-corrected chi connectivity index (χ2v) is 13.1. The van der Waals surface area contributed by atoms with E-state index >= 15 is 0 Å². The number of methoxy groups -OCH3 is 1. The van der Waals surface area contributed by atoms with Gasteiger partial charge in [0.25, 0.3) is 0 Å². The number of benzene rings is 2. The lowest BCUT2D eigenvalue weighted by Crippen LogP contribution is -2.48. The van der Waals surface area contributed by atoms with Crippen LogP contribution in [0, 0.1) is 34.9 Å². The number of carbonyl (C=O) groups excluding carboxylic acids is 4. The second kappa shape index (κ2) is 11.8. The summed E-state index contributed by atoms with van der Waals surface area (Å²) >= 11 is 6.05. The van der Waals surface area contributed by atoms with Crippen molar-refractivity contribution < 1.29 is 43.3 Å². The van der Waals surface area contributed by atoms with E-state index in [1.807, 2.05) is 6.08 Å². The van der Waals surface area contributed by atoms with Crippen molar-refractivity contribution in [3.63, 3.8) is 0 Å². The molecule has 2 aliphatic heterocycles. The van der Waals surface area contributed by atoms with Crippen molar-refractivity contribution in [3.8, 4) is 11.5 Å². The molecule has 0 bridgehead atoms. The number of carbonyl (C=O) groups is 5. The van der Waals surface area contributed by atoms with E-state index in [1.165, 1.54) is 30.2 Å². The molecule has 12 heteroatoms. The van der Waals surface area contributed by atoms with Crippen LogP contribution in [0.25, 0.3) is 0 Å². The SMILES string of the molecule is COc1cc(C2C3=CCC4C(=O)N(CCCCCC(=O)O)C(=O)C4C3CC3C(=O)N(c4ccc(F)c(Cl)c4)C(=O)C32C)ccc1O. The van der Waals surface area contributed by atoms with Crippen LogP contribution in [0.1, 0.15) is 56.9 Å². The molecule has 2 saturated heterocycles. The number of ether oxygens (including phenoxy) is 1. The Hall–Kier alpha value is -4.25. The molecule has 242 valence electrons. The Bertz CT molecular complexity index is 1690. The highest BCUT2D eigenvalue weighted by Crippen LogP contribution is 2.64. The van der Waals surface area contributed by atoms with Crippen molar-refractivity contribution in [2.75, 3.05) is 18.6 Å². The number of aliphatic carboxylic acids is 1. The van der Waals surface area contributed by atoms with E-state index < -0.39 is 58.6 Å². The lowest BCUT2D eigenvalue weighted by molar-refractivity contribution is -0.141. The first-order valence-electron chi connectivity index (χ1n) is 15.4. The predicted molar refractivity (Wildman–Crippen MR) is 164 cm³/mol. The van der Waals surface area contributed by atoms with Crippen LogP contribution in [0.2, 0.25) is 5.02 Å². The molecule has 2 heterocycles. The molecule has 6 unspecified atom stereocenters. The Morgan fingerprint density at radius 2 is 1.80 bits per heavy atom. The standard InChI is InChI=1S/C34H34ClFN2O8/c1-34-22(31(43)38(33(34)45)18-8-11-24(36)23(35)15-18)16-21-19(29(34)17-7-12-25(39)26(14-17)46-2)9-10-20-28(21)32(44)37(30(20)42)13-5-3-4-6-27(40)41/h7-9,11-12,14-15,20-22,28-29,39H,3-6,10,13,16H2,1-2H3,(H,40,41). The molecule has 3 fully saturated rings. The van der Waals surface area contributed by atoms with E-state index in [0.717, 1.165) is 16.5 Å². The van der Waals surface area contributed by atoms with Gasteiger partial charge in [0.2, 0.25) is 23.6 Å². The number of unbranched alkanes of at least 4 members (excludes halogenated alkanes) is 2. The summed E-state index contributed by atoms with van der Waals surface area (Å²) in [6, 6.07) is 8.40. The number of aromatic hydroxyl groups is 1. The fourth-order valence-corrected chi connectivity index (χ4v) is 8.32. The van der Waals surface area contributed by atoms with Gasteiger partial charge in [0.1, 0.15) is 5.82 Å². The van der Waals surface area contributed by atoms with Gasteiger partial charge in [-0.15, -0.1) is 0 Å². The summed E-state index contributed by atoms with van der Waals surface area (Å²) in [7, 11) is 1.40. The van der Waals surface area contributed by atoms with Gasteiger partial charge < -0.3 is 14.9 Å². The minimum atomic E-state index is -1.33. The number of likely N-dealkylation sites (tertiary alicyclic amines) is 1. The van der Waals surface area contributed by atoms with Crippen molar-refractivity contribution in [2.45, 2.75) is 51.4 Å². The molecule has 10 nitrogen and oxygen atoms in total. The first kappa shape index (κ1) is 31.7. The minimum absolute atomic E-state index is 0.0139. The highest BCUT2D eigenvalue weighted by molar-refractivity contribution is 6.31. The number of nitrogens with zero attached hydrogens (tertiary/aromatic N) is 2.